The molecule has 0 aromatic carbocycles. The van der Waals surface area contributed by atoms with E-state index in [4.69, 9.17) is 9.47 Å². The van der Waals surface area contributed by atoms with Crippen molar-refractivity contribution in [2.45, 2.75) is 64.1 Å². The van der Waals surface area contributed by atoms with E-state index >= 15 is 0 Å². The Morgan fingerprint density at radius 1 is 1.31 bits per heavy atom. The molecular weight excluding hydrogens is 448 g/mol. The molecule has 0 saturated heterocycles. The third-order valence-electron chi connectivity index (χ3n) is 6.66. The molecule has 0 bridgehead atoms. The average molecular weight is 481 g/mol. The van der Waals surface area contributed by atoms with Gasteiger partial charge in [-0.1, -0.05) is 6.07 Å². The highest BCUT2D eigenvalue weighted by Crippen LogP contribution is 2.41. The van der Waals surface area contributed by atoms with Gasteiger partial charge in [-0.25, -0.2) is 20.0 Å². The number of hydrazone groups is 1. The first-order valence-electron chi connectivity index (χ1n) is 11.9. The fourth-order valence-corrected chi connectivity index (χ4v) is 4.87. The van der Waals surface area contributed by atoms with Crippen molar-refractivity contribution in [3.8, 4) is 5.88 Å². The van der Waals surface area contributed by atoms with Crippen LogP contribution in [0.3, 0.4) is 0 Å². The minimum atomic E-state index is -0.781. The van der Waals surface area contributed by atoms with Crippen molar-refractivity contribution in [1.29, 1.82) is 0 Å². The summed E-state index contributed by atoms with van der Waals surface area (Å²) >= 11 is 0. The second kappa shape index (κ2) is 10.7. The molecule has 2 aromatic heterocycles. The number of hydrogen-bond acceptors (Lipinski definition) is 7. The van der Waals surface area contributed by atoms with Crippen LogP contribution >= 0.6 is 0 Å². The zero-order chi connectivity index (χ0) is 24.8. The monoisotopic (exact) mass is 480 g/mol. The quantitative estimate of drug-likeness (QED) is 0.557. The van der Waals surface area contributed by atoms with Crippen molar-refractivity contribution in [2.24, 2.45) is 11.0 Å². The van der Waals surface area contributed by atoms with E-state index in [9.17, 15) is 9.59 Å². The van der Waals surface area contributed by atoms with Crippen LogP contribution in [0.25, 0.3) is 0 Å². The fraction of sp³-hybridized carbons (Fsp3) is 0.480. The molecule has 35 heavy (non-hydrogen) atoms. The second-order valence-electron chi connectivity index (χ2n) is 9.23. The van der Waals surface area contributed by atoms with E-state index < -0.39 is 11.7 Å². The highest BCUT2D eigenvalue weighted by atomic mass is 16.6. The van der Waals surface area contributed by atoms with Gasteiger partial charge in [0.2, 0.25) is 5.88 Å². The van der Waals surface area contributed by atoms with Gasteiger partial charge in [0.15, 0.2) is 5.60 Å². The number of methoxy groups -OCH3 is 1. The van der Waals surface area contributed by atoms with Gasteiger partial charge < -0.3 is 20.1 Å². The molecule has 2 aliphatic rings. The number of nitrogens with one attached hydrogen (secondary N) is 3. The number of rotatable bonds is 7. The zero-order valence-corrected chi connectivity index (χ0v) is 20.3. The van der Waals surface area contributed by atoms with Gasteiger partial charge in [0.25, 0.3) is 0 Å². The van der Waals surface area contributed by atoms with Gasteiger partial charge in [-0.05, 0) is 69.6 Å². The van der Waals surface area contributed by atoms with E-state index in [0.29, 0.717) is 36.9 Å². The number of carbonyl (C=O) groups is 2. The molecule has 1 fully saturated rings. The number of carbonyl (C=O) groups excluding carboxylic acids is 2. The Morgan fingerprint density at radius 3 is 2.80 bits per heavy atom. The van der Waals surface area contributed by atoms with Crippen molar-refractivity contribution < 1.29 is 19.1 Å². The lowest BCUT2D eigenvalue weighted by molar-refractivity contribution is 0.0155. The van der Waals surface area contributed by atoms with Gasteiger partial charge in [-0.3, -0.25) is 4.98 Å². The minimum absolute atomic E-state index is 0.00882. The number of amides is 3. The highest BCUT2D eigenvalue weighted by Gasteiger charge is 2.46. The molecule has 1 atom stereocenters. The number of aromatic nitrogens is 2. The summed E-state index contributed by atoms with van der Waals surface area (Å²) in [6, 6.07) is 7.25. The summed E-state index contributed by atoms with van der Waals surface area (Å²) in [7, 11) is 1.58. The van der Waals surface area contributed by atoms with Gasteiger partial charge in [-0.15, -0.1) is 0 Å². The third-order valence-corrected chi connectivity index (χ3v) is 6.66. The molecule has 4 rings (SSSR count). The summed E-state index contributed by atoms with van der Waals surface area (Å²) < 4.78 is 11.1. The number of nitrogens with zero attached hydrogens (tertiary/aromatic N) is 3. The lowest BCUT2D eigenvalue weighted by Gasteiger charge is -2.42. The normalized spacial score (nSPS) is 22.4. The van der Waals surface area contributed by atoms with E-state index in [1.165, 1.54) is 0 Å². The molecular formula is C25H32N6O4. The zero-order valence-electron chi connectivity index (χ0n) is 20.3. The second-order valence-corrected chi connectivity index (χ2v) is 9.23. The molecule has 1 spiro atoms. The average Bonchev–Trinajstić information content (AvgIpc) is 2.85. The number of hydrogen-bond donors (Lipinski definition) is 3. The van der Waals surface area contributed by atoms with Crippen LogP contribution in [-0.4, -0.2) is 46.6 Å². The first-order chi connectivity index (χ1) is 16.9. The minimum Gasteiger partial charge on any atom is -0.481 e. The third kappa shape index (κ3) is 5.87. The molecule has 10 heteroatoms. The maximum Gasteiger partial charge on any atom is 0.428 e. The summed E-state index contributed by atoms with van der Waals surface area (Å²) in [6.45, 7) is 4.35. The molecule has 10 nitrogen and oxygen atoms in total. The van der Waals surface area contributed by atoms with E-state index in [1.54, 1.807) is 19.5 Å². The summed E-state index contributed by atoms with van der Waals surface area (Å²) in [5, 5.41) is 10.2. The lowest BCUT2D eigenvalue weighted by atomic mass is 9.72. The molecule has 3 N–H and O–H groups in total. The molecule has 0 unspecified atom stereocenters. The number of aryl methyl sites for hydroxylation is 1. The largest absolute Gasteiger partial charge is 0.481 e. The number of pyridine rings is 2. The van der Waals surface area contributed by atoms with Crippen molar-refractivity contribution in [1.82, 2.24) is 26.0 Å². The molecule has 0 radical (unpaired) electrons. The Morgan fingerprint density at radius 2 is 2.11 bits per heavy atom. The Kier molecular flexibility index (Phi) is 7.48. The summed E-state index contributed by atoms with van der Waals surface area (Å²) in [6.07, 6.45) is 6.77. The van der Waals surface area contributed by atoms with Crippen LogP contribution in [-0.2, 0) is 11.3 Å². The SMILES string of the molecule is COc1cc(C)c(C2=NNC(=O)OC23CCC(C[C@H](C)NC(=O)NCc2ccccn2)CC3)cn1. The summed E-state index contributed by atoms with van der Waals surface area (Å²) in [5.74, 6) is 0.924. The summed E-state index contributed by atoms with van der Waals surface area (Å²) in [4.78, 5) is 32.9. The maximum atomic E-state index is 12.3. The summed E-state index contributed by atoms with van der Waals surface area (Å²) in [5.41, 5.74) is 4.97. The molecule has 3 amide bonds. The first kappa shape index (κ1) is 24.4. The smallest absolute Gasteiger partial charge is 0.428 e. The predicted octanol–water partition coefficient (Wildman–Crippen LogP) is 3.44. The molecule has 3 heterocycles. The van der Waals surface area contributed by atoms with E-state index in [2.05, 4.69) is 31.1 Å². The van der Waals surface area contributed by atoms with Gasteiger partial charge in [0.1, 0.15) is 5.71 Å². The molecule has 1 saturated carbocycles. The molecule has 1 aliphatic heterocycles. The van der Waals surface area contributed by atoms with Crippen LogP contribution in [0, 0.1) is 12.8 Å². The number of ether oxygens (including phenoxy) is 2. The highest BCUT2D eigenvalue weighted by molar-refractivity contribution is 6.09. The fourth-order valence-electron chi connectivity index (χ4n) is 4.87. The van der Waals surface area contributed by atoms with Crippen molar-refractivity contribution in [3.05, 3.63) is 53.5 Å². The predicted molar refractivity (Wildman–Crippen MR) is 130 cm³/mol. The van der Waals surface area contributed by atoms with Crippen LogP contribution in [0.1, 0.15) is 55.8 Å². The van der Waals surface area contributed by atoms with Crippen molar-refractivity contribution in [3.63, 3.8) is 0 Å². The van der Waals surface area contributed by atoms with Gasteiger partial charge >= 0.3 is 12.1 Å². The van der Waals surface area contributed by atoms with E-state index in [1.807, 2.05) is 38.1 Å². The topological polar surface area (TPSA) is 127 Å². The van der Waals surface area contributed by atoms with Crippen molar-refractivity contribution in [2.75, 3.05) is 7.11 Å². The van der Waals surface area contributed by atoms with Gasteiger partial charge in [-0.2, -0.15) is 5.10 Å². The Labute approximate surface area is 204 Å². The Bertz CT molecular complexity index is 1080. The number of urea groups is 1. The van der Waals surface area contributed by atoms with Crippen molar-refractivity contribution >= 4 is 17.8 Å². The van der Waals surface area contributed by atoms with Crippen LogP contribution in [0.15, 0.2) is 41.8 Å². The van der Waals surface area contributed by atoms with Gasteiger partial charge in [0.05, 0.1) is 19.3 Å². The van der Waals surface area contributed by atoms with Crippen LogP contribution < -0.4 is 20.8 Å². The standard InChI is InChI=1S/C25H32N6O4/c1-16-12-21(34-3)27-15-20(16)22-25(35-24(33)31-30-22)9-7-18(8-10-25)13-17(2)29-23(32)28-14-19-6-4-5-11-26-19/h4-6,11-12,15,17-18H,7-10,13-14H2,1-3H3,(H,31,33)(H2,28,29,32)/t17-,18?,25?/m0/s1. The Hall–Kier alpha value is -3.69. The lowest BCUT2D eigenvalue weighted by Crippen LogP contribution is -2.52. The van der Waals surface area contributed by atoms with Crippen LogP contribution in [0.5, 0.6) is 5.88 Å². The van der Waals surface area contributed by atoms with E-state index in [-0.39, 0.29) is 12.1 Å². The van der Waals surface area contributed by atoms with Crippen LogP contribution in [0.2, 0.25) is 0 Å². The molecule has 1 aliphatic carbocycles. The first-order valence-corrected chi connectivity index (χ1v) is 11.9. The van der Waals surface area contributed by atoms with Crippen LogP contribution in [0.4, 0.5) is 9.59 Å². The van der Waals surface area contributed by atoms with Gasteiger partial charge in [0, 0.05) is 30.1 Å². The Balaban J connectivity index is 1.34. The molecule has 2 aromatic rings. The molecule has 186 valence electrons. The van der Waals surface area contributed by atoms with E-state index in [0.717, 1.165) is 36.1 Å². The maximum absolute atomic E-state index is 12.3.